The minimum absolute atomic E-state index is 0.0783. The second kappa shape index (κ2) is 7.01. The molecule has 0 saturated carbocycles. The van der Waals surface area contributed by atoms with E-state index in [9.17, 15) is 13.6 Å². The van der Waals surface area contributed by atoms with Crippen molar-refractivity contribution in [2.75, 3.05) is 0 Å². The molecule has 1 aromatic carbocycles. The SMILES string of the molecule is CCC(CC)(NC(=O)Cc1ccc(F)cc1F)/C(N)=N/O. The number of halogens is 2. The average molecular weight is 299 g/mol. The fourth-order valence-corrected chi connectivity index (χ4v) is 2.10. The molecule has 0 saturated heterocycles. The van der Waals surface area contributed by atoms with Crippen LogP contribution in [0.25, 0.3) is 0 Å². The van der Waals surface area contributed by atoms with Gasteiger partial charge < -0.3 is 16.3 Å². The van der Waals surface area contributed by atoms with Gasteiger partial charge in [0.1, 0.15) is 17.2 Å². The summed E-state index contributed by atoms with van der Waals surface area (Å²) in [6, 6.07) is 3.02. The van der Waals surface area contributed by atoms with Crippen molar-refractivity contribution >= 4 is 11.7 Å². The lowest BCUT2D eigenvalue weighted by molar-refractivity contribution is -0.121. The molecule has 0 fully saturated rings. The number of hydrogen-bond acceptors (Lipinski definition) is 3. The molecular weight excluding hydrogens is 280 g/mol. The molecule has 7 heteroatoms. The maximum Gasteiger partial charge on any atom is 0.225 e. The van der Waals surface area contributed by atoms with Gasteiger partial charge in [0.05, 0.1) is 6.42 Å². The third-order valence-corrected chi connectivity index (χ3v) is 3.55. The van der Waals surface area contributed by atoms with Gasteiger partial charge in [-0.2, -0.15) is 0 Å². The second-order valence-corrected chi connectivity index (χ2v) is 4.74. The topological polar surface area (TPSA) is 87.7 Å². The Labute approximate surface area is 121 Å². The monoisotopic (exact) mass is 299 g/mol. The average Bonchev–Trinajstić information content (AvgIpc) is 2.47. The van der Waals surface area contributed by atoms with Crippen molar-refractivity contribution in [3.05, 3.63) is 35.4 Å². The van der Waals surface area contributed by atoms with E-state index in [1.165, 1.54) is 6.07 Å². The highest BCUT2D eigenvalue weighted by Crippen LogP contribution is 2.17. The number of carbonyl (C=O) groups excluding carboxylic acids is 1. The predicted molar refractivity (Wildman–Crippen MR) is 74.9 cm³/mol. The zero-order valence-electron chi connectivity index (χ0n) is 12.0. The zero-order chi connectivity index (χ0) is 16.0. The molecule has 0 aliphatic carbocycles. The summed E-state index contributed by atoms with van der Waals surface area (Å²) < 4.78 is 26.3. The van der Waals surface area contributed by atoms with E-state index in [4.69, 9.17) is 10.9 Å². The van der Waals surface area contributed by atoms with Crippen LogP contribution in [0.1, 0.15) is 32.3 Å². The largest absolute Gasteiger partial charge is 0.409 e. The Morgan fingerprint density at radius 1 is 1.38 bits per heavy atom. The Bertz CT molecular complexity index is 543. The summed E-state index contributed by atoms with van der Waals surface area (Å²) in [6.45, 7) is 3.56. The molecular formula is C14H19F2N3O2. The van der Waals surface area contributed by atoms with Gasteiger partial charge in [0, 0.05) is 6.07 Å². The molecule has 0 aliphatic heterocycles. The van der Waals surface area contributed by atoms with Crippen LogP contribution in [0.3, 0.4) is 0 Å². The maximum absolute atomic E-state index is 13.5. The molecule has 1 amide bonds. The summed E-state index contributed by atoms with van der Waals surface area (Å²) in [5, 5.41) is 14.4. The van der Waals surface area contributed by atoms with Crippen LogP contribution in [0.2, 0.25) is 0 Å². The highest BCUT2D eigenvalue weighted by molar-refractivity contribution is 5.94. The lowest BCUT2D eigenvalue weighted by atomic mass is 9.91. The predicted octanol–water partition coefficient (Wildman–Crippen LogP) is 1.93. The van der Waals surface area contributed by atoms with Crippen molar-refractivity contribution in [3.8, 4) is 0 Å². The van der Waals surface area contributed by atoms with Gasteiger partial charge in [0.15, 0.2) is 5.84 Å². The zero-order valence-corrected chi connectivity index (χ0v) is 12.0. The van der Waals surface area contributed by atoms with E-state index in [0.29, 0.717) is 12.8 Å². The van der Waals surface area contributed by atoms with E-state index in [-0.39, 0.29) is 17.8 Å². The van der Waals surface area contributed by atoms with Gasteiger partial charge in [-0.15, -0.1) is 0 Å². The van der Waals surface area contributed by atoms with Crippen molar-refractivity contribution in [2.45, 2.75) is 38.6 Å². The van der Waals surface area contributed by atoms with Crippen LogP contribution in [0.15, 0.2) is 23.4 Å². The normalized spacial score (nSPS) is 12.3. The van der Waals surface area contributed by atoms with Crippen LogP contribution in [0.5, 0.6) is 0 Å². The molecule has 0 unspecified atom stereocenters. The number of oxime groups is 1. The number of nitrogens with one attached hydrogen (secondary N) is 1. The molecule has 0 aromatic heterocycles. The van der Waals surface area contributed by atoms with E-state index in [1.807, 2.05) is 0 Å². The van der Waals surface area contributed by atoms with Gasteiger partial charge in [0.25, 0.3) is 0 Å². The molecule has 21 heavy (non-hydrogen) atoms. The number of amidine groups is 1. The number of hydrogen-bond donors (Lipinski definition) is 3. The second-order valence-electron chi connectivity index (χ2n) is 4.74. The molecule has 0 spiro atoms. The number of carbonyl (C=O) groups is 1. The molecule has 116 valence electrons. The summed E-state index contributed by atoms with van der Waals surface area (Å²) in [4.78, 5) is 12.0. The molecule has 1 rings (SSSR count). The lowest BCUT2D eigenvalue weighted by Crippen LogP contribution is -2.57. The standard InChI is InChI=1S/C14H19F2N3O2/c1-3-14(4-2,13(17)19-21)18-12(20)7-9-5-6-10(15)8-11(9)16/h5-6,8,21H,3-4,7H2,1-2H3,(H2,17,19)(H,18,20). The van der Waals surface area contributed by atoms with Crippen molar-refractivity contribution in [1.82, 2.24) is 5.32 Å². The van der Waals surface area contributed by atoms with E-state index in [2.05, 4.69) is 10.5 Å². The number of benzene rings is 1. The number of rotatable bonds is 6. The Balaban J connectivity index is 2.88. The van der Waals surface area contributed by atoms with E-state index < -0.39 is 23.1 Å². The number of nitrogens with two attached hydrogens (primary N) is 1. The fraction of sp³-hybridized carbons (Fsp3) is 0.429. The highest BCUT2D eigenvalue weighted by atomic mass is 19.1. The minimum atomic E-state index is -0.984. The third-order valence-electron chi connectivity index (χ3n) is 3.55. The molecule has 5 nitrogen and oxygen atoms in total. The molecule has 0 atom stereocenters. The highest BCUT2D eigenvalue weighted by Gasteiger charge is 2.33. The van der Waals surface area contributed by atoms with Gasteiger partial charge in [0.2, 0.25) is 5.91 Å². The molecule has 1 aromatic rings. The van der Waals surface area contributed by atoms with Crippen LogP contribution in [-0.4, -0.2) is 22.5 Å². The first kappa shape index (κ1) is 16.9. The van der Waals surface area contributed by atoms with Crippen LogP contribution in [0, 0.1) is 11.6 Å². The van der Waals surface area contributed by atoms with Gasteiger partial charge in [-0.1, -0.05) is 25.1 Å². The van der Waals surface area contributed by atoms with E-state index in [1.54, 1.807) is 13.8 Å². The quantitative estimate of drug-likeness (QED) is 0.324. The number of amides is 1. The maximum atomic E-state index is 13.5. The smallest absolute Gasteiger partial charge is 0.225 e. The van der Waals surface area contributed by atoms with E-state index in [0.717, 1.165) is 12.1 Å². The van der Waals surface area contributed by atoms with Crippen LogP contribution < -0.4 is 11.1 Å². The van der Waals surface area contributed by atoms with Crippen molar-refractivity contribution in [1.29, 1.82) is 0 Å². The fourth-order valence-electron chi connectivity index (χ4n) is 2.10. The summed E-state index contributed by atoms with van der Waals surface area (Å²) >= 11 is 0. The first-order valence-corrected chi connectivity index (χ1v) is 6.61. The minimum Gasteiger partial charge on any atom is -0.409 e. The van der Waals surface area contributed by atoms with Crippen LogP contribution in [0.4, 0.5) is 8.78 Å². The van der Waals surface area contributed by atoms with Gasteiger partial charge >= 0.3 is 0 Å². The van der Waals surface area contributed by atoms with Crippen molar-refractivity contribution < 1.29 is 18.8 Å². The summed E-state index contributed by atoms with van der Waals surface area (Å²) in [5.74, 6) is -2.09. The van der Waals surface area contributed by atoms with Crippen LogP contribution >= 0.6 is 0 Å². The molecule has 0 aliphatic rings. The molecule has 4 N–H and O–H groups in total. The Morgan fingerprint density at radius 2 is 2.00 bits per heavy atom. The molecule has 0 bridgehead atoms. The van der Waals surface area contributed by atoms with Gasteiger partial charge in [-0.05, 0) is 24.5 Å². The summed E-state index contributed by atoms with van der Waals surface area (Å²) in [6.07, 6.45) is 0.570. The molecule has 0 radical (unpaired) electrons. The first-order chi connectivity index (χ1) is 9.88. The molecule has 0 heterocycles. The van der Waals surface area contributed by atoms with Crippen molar-refractivity contribution in [3.63, 3.8) is 0 Å². The van der Waals surface area contributed by atoms with Gasteiger partial charge in [-0.3, -0.25) is 4.79 Å². The number of nitrogens with zero attached hydrogens (tertiary/aromatic N) is 1. The Hall–Kier alpha value is -2.18. The van der Waals surface area contributed by atoms with Gasteiger partial charge in [-0.25, -0.2) is 8.78 Å². The summed E-state index contributed by atoms with van der Waals surface area (Å²) in [7, 11) is 0. The third kappa shape index (κ3) is 3.90. The first-order valence-electron chi connectivity index (χ1n) is 6.61. The van der Waals surface area contributed by atoms with Crippen LogP contribution in [-0.2, 0) is 11.2 Å². The Kier molecular flexibility index (Phi) is 5.63. The Morgan fingerprint density at radius 3 is 2.48 bits per heavy atom. The van der Waals surface area contributed by atoms with E-state index >= 15 is 0 Å². The summed E-state index contributed by atoms with van der Waals surface area (Å²) in [5.41, 5.74) is 4.72. The lowest BCUT2D eigenvalue weighted by Gasteiger charge is -2.31. The van der Waals surface area contributed by atoms with Crippen molar-refractivity contribution in [2.24, 2.45) is 10.9 Å².